The second-order valence-electron chi connectivity index (χ2n) is 3.90. The molecule has 4 nitrogen and oxygen atoms in total. The number of benzene rings is 1. The fourth-order valence-electron chi connectivity index (χ4n) is 1.47. The van der Waals surface area contributed by atoms with Crippen molar-refractivity contribution in [2.75, 3.05) is 20.6 Å². The van der Waals surface area contributed by atoms with Gasteiger partial charge in [-0.15, -0.1) is 0 Å². The molecular weight excluding hydrogens is 214 g/mol. The lowest BCUT2D eigenvalue weighted by atomic mass is 10.2. The highest BCUT2D eigenvalue weighted by atomic mass is 16.5. The van der Waals surface area contributed by atoms with Gasteiger partial charge in [-0.05, 0) is 25.5 Å². The van der Waals surface area contributed by atoms with E-state index in [2.05, 4.69) is 15.6 Å². The summed E-state index contributed by atoms with van der Waals surface area (Å²) in [5.74, 6) is 1.70. The summed E-state index contributed by atoms with van der Waals surface area (Å²) in [6.07, 6.45) is 0.0844. The third-order valence-electron chi connectivity index (χ3n) is 2.44. The van der Waals surface area contributed by atoms with Crippen LogP contribution in [0.3, 0.4) is 0 Å². The van der Waals surface area contributed by atoms with E-state index in [0.717, 1.165) is 17.3 Å². The Morgan fingerprint density at radius 2 is 2.12 bits per heavy atom. The van der Waals surface area contributed by atoms with E-state index < -0.39 is 0 Å². The average molecular weight is 235 g/mol. The minimum atomic E-state index is 0.0844. The SMILES string of the molecule is CN=C(NC)NCC(C)Oc1ccccc1C. The maximum absolute atomic E-state index is 5.84. The molecule has 1 rings (SSSR count). The minimum Gasteiger partial charge on any atom is -0.489 e. The lowest BCUT2D eigenvalue weighted by Crippen LogP contribution is -2.40. The molecule has 0 radical (unpaired) electrons. The van der Waals surface area contributed by atoms with Crippen molar-refractivity contribution in [3.63, 3.8) is 0 Å². The van der Waals surface area contributed by atoms with E-state index in [4.69, 9.17) is 4.74 Å². The van der Waals surface area contributed by atoms with Crippen molar-refractivity contribution < 1.29 is 4.74 Å². The highest BCUT2D eigenvalue weighted by Gasteiger charge is 2.06. The molecule has 0 heterocycles. The molecule has 1 aromatic carbocycles. The van der Waals surface area contributed by atoms with E-state index in [1.165, 1.54) is 0 Å². The molecule has 94 valence electrons. The van der Waals surface area contributed by atoms with E-state index in [0.29, 0.717) is 6.54 Å². The van der Waals surface area contributed by atoms with E-state index in [1.54, 1.807) is 7.05 Å². The van der Waals surface area contributed by atoms with Crippen molar-refractivity contribution in [2.24, 2.45) is 4.99 Å². The summed E-state index contributed by atoms with van der Waals surface area (Å²) in [5.41, 5.74) is 1.15. The normalized spacial score (nSPS) is 13.1. The number of nitrogens with zero attached hydrogens (tertiary/aromatic N) is 1. The van der Waals surface area contributed by atoms with Crippen molar-refractivity contribution >= 4 is 5.96 Å². The molecule has 17 heavy (non-hydrogen) atoms. The highest BCUT2D eigenvalue weighted by Crippen LogP contribution is 2.17. The number of rotatable bonds is 4. The number of para-hydroxylation sites is 1. The Kier molecular flexibility index (Phi) is 5.33. The van der Waals surface area contributed by atoms with E-state index >= 15 is 0 Å². The molecular formula is C13H21N3O. The number of guanidine groups is 1. The predicted octanol–water partition coefficient (Wildman–Crippen LogP) is 1.56. The van der Waals surface area contributed by atoms with Gasteiger partial charge >= 0.3 is 0 Å². The second-order valence-corrected chi connectivity index (χ2v) is 3.90. The van der Waals surface area contributed by atoms with Gasteiger partial charge in [0.05, 0.1) is 6.54 Å². The molecule has 0 spiro atoms. The Bertz CT molecular complexity index is 377. The summed E-state index contributed by atoms with van der Waals surface area (Å²) in [7, 11) is 3.58. The minimum absolute atomic E-state index is 0.0844. The highest BCUT2D eigenvalue weighted by molar-refractivity contribution is 5.79. The Morgan fingerprint density at radius 3 is 2.71 bits per heavy atom. The van der Waals surface area contributed by atoms with Crippen LogP contribution in [0.2, 0.25) is 0 Å². The maximum atomic E-state index is 5.84. The van der Waals surface area contributed by atoms with Crippen molar-refractivity contribution in [1.82, 2.24) is 10.6 Å². The van der Waals surface area contributed by atoms with E-state index in [9.17, 15) is 0 Å². The van der Waals surface area contributed by atoms with Crippen LogP contribution in [-0.2, 0) is 0 Å². The number of aryl methyl sites for hydroxylation is 1. The number of nitrogens with one attached hydrogen (secondary N) is 2. The van der Waals surface area contributed by atoms with Gasteiger partial charge in [-0.3, -0.25) is 4.99 Å². The lowest BCUT2D eigenvalue weighted by molar-refractivity contribution is 0.222. The summed E-state index contributed by atoms with van der Waals surface area (Å²) >= 11 is 0. The van der Waals surface area contributed by atoms with Crippen molar-refractivity contribution in [2.45, 2.75) is 20.0 Å². The molecule has 0 aliphatic heterocycles. The predicted molar refractivity (Wildman–Crippen MR) is 71.7 cm³/mol. The third kappa shape index (κ3) is 4.34. The zero-order valence-corrected chi connectivity index (χ0v) is 10.9. The number of hydrogen-bond donors (Lipinski definition) is 2. The molecule has 2 N–H and O–H groups in total. The van der Waals surface area contributed by atoms with Gasteiger partial charge in [0, 0.05) is 14.1 Å². The molecule has 0 amide bonds. The van der Waals surface area contributed by atoms with Crippen LogP contribution >= 0.6 is 0 Å². The lowest BCUT2D eigenvalue weighted by Gasteiger charge is -2.17. The Hall–Kier alpha value is -1.71. The average Bonchev–Trinajstić information content (AvgIpc) is 2.33. The van der Waals surface area contributed by atoms with Crippen LogP contribution in [0, 0.1) is 6.92 Å². The largest absolute Gasteiger partial charge is 0.489 e. The first kappa shape index (κ1) is 13.4. The second kappa shape index (κ2) is 6.78. The smallest absolute Gasteiger partial charge is 0.190 e. The summed E-state index contributed by atoms with van der Waals surface area (Å²) in [4.78, 5) is 4.04. The van der Waals surface area contributed by atoms with Crippen LogP contribution < -0.4 is 15.4 Å². The van der Waals surface area contributed by atoms with Crippen LogP contribution in [0.25, 0.3) is 0 Å². The Labute approximate surface area is 103 Å². The molecule has 1 atom stereocenters. The monoisotopic (exact) mass is 235 g/mol. The first-order valence-electron chi connectivity index (χ1n) is 5.78. The molecule has 1 aromatic rings. The molecule has 0 saturated heterocycles. The Morgan fingerprint density at radius 1 is 1.41 bits per heavy atom. The Balaban J connectivity index is 2.45. The fourth-order valence-corrected chi connectivity index (χ4v) is 1.47. The quantitative estimate of drug-likeness (QED) is 0.615. The van der Waals surface area contributed by atoms with Gasteiger partial charge in [0.2, 0.25) is 0 Å². The van der Waals surface area contributed by atoms with Gasteiger partial charge in [0.1, 0.15) is 11.9 Å². The topological polar surface area (TPSA) is 45.7 Å². The van der Waals surface area contributed by atoms with Gasteiger partial charge in [0.15, 0.2) is 5.96 Å². The fraction of sp³-hybridized carbons (Fsp3) is 0.462. The van der Waals surface area contributed by atoms with Crippen LogP contribution in [0.1, 0.15) is 12.5 Å². The van der Waals surface area contributed by atoms with Crippen LogP contribution in [0.4, 0.5) is 0 Å². The molecule has 0 saturated carbocycles. The van der Waals surface area contributed by atoms with Crippen LogP contribution in [-0.4, -0.2) is 32.7 Å². The van der Waals surface area contributed by atoms with Crippen LogP contribution in [0.5, 0.6) is 5.75 Å². The first-order valence-corrected chi connectivity index (χ1v) is 5.78. The van der Waals surface area contributed by atoms with Gasteiger partial charge in [-0.25, -0.2) is 0 Å². The maximum Gasteiger partial charge on any atom is 0.190 e. The van der Waals surface area contributed by atoms with E-state index in [-0.39, 0.29) is 6.10 Å². The van der Waals surface area contributed by atoms with Gasteiger partial charge in [-0.2, -0.15) is 0 Å². The van der Waals surface area contributed by atoms with Crippen LogP contribution in [0.15, 0.2) is 29.3 Å². The summed E-state index contributed by atoms with van der Waals surface area (Å²) in [6.45, 7) is 4.78. The van der Waals surface area contributed by atoms with Gasteiger partial charge in [-0.1, -0.05) is 18.2 Å². The molecule has 0 fully saturated rings. The molecule has 4 heteroatoms. The molecule has 0 aromatic heterocycles. The molecule has 0 aliphatic carbocycles. The molecule has 0 bridgehead atoms. The standard InChI is InChI=1S/C13H21N3O/c1-10-7-5-6-8-12(10)17-11(2)9-16-13(14-3)15-4/h5-8,11H,9H2,1-4H3,(H2,14,15,16). The summed E-state index contributed by atoms with van der Waals surface area (Å²) in [6, 6.07) is 8.02. The molecule has 0 aliphatic rings. The zero-order chi connectivity index (χ0) is 12.7. The third-order valence-corrected chi connectivity index (χ3v) is 2.44. The summed E-state index contributed by atoms with van der Waals surface area (Å²) in [5, 5.41) is 6.14. The number of hydrogen-bond acceptors (Lipinski definition) is 2. The van der Waals surface area contributed by atoms with Crippen molar-refractivity contribution in [1.29, 1.82) is 0 Å². The van der Waals surface area contributed by atoms with Crippen molar-refractivity contribution in [3.8, 4) is 5.75 Å². The number of ether oxygens (including phenoxy) is 1. The van der Waals surface area contributed by atoms with Gasteiger partial charge < -0.3 is 15.4 Å². The summed E-state index contributed by atoms with van der Waals surface area (Å²) < 4.78 is 5.84. The molecule has 1 unspecified atom stereocenters. The number of aliphatic imine (C=N–C) groups is 1. The zero-order valence-electron chi connectivity index (χ0n) is 10.9. The first-order chi connectivity index (χ1) is 8.17. The van der Waals surface area contributed by atoms with E-state index in [1.807, 2.05) is 45.2 Å². The van der Waals surface area contributed by atoms with Crippen molar-refractivity contribution in [3.05, 3.63) is 29.8 Å². The van der Waals surface area contributed by atoms with Gasteiger partial charge in [0.25, 0.3) is 0 Å².